The number of anilines is 1. The SMILES string of the molecule is CC(C)(C)OC(=O)N[C@H](Cc1c[nH]c2ccccc12)C(=O)N1CCC[C@H]1C(=O)NCc1cc2c(N)nccc2s1. The van der Waals surface area contributed by atoms with Crippen LogP contribution in [0.5, 0.6) is 0 Å². The molecule has 4 heterocycles. The molecule has 0 aliphatic carbocycles. The Labute approximate surface area is 236 Å². The van der Waals surface area contributed by atoms with Crippen molar-refractivity contribution in [3.8, 4) is 0 Å². The minimum Gasteiger partial charge on any atom is -0.444 e. The highest BCUT2D eigenvalue weighted by Gasteiger charge is 2.38. The number of likely N-dealkylation sites (tertiary alicyclic amines) is 1. The summed E-state index contributed by atoms with van der Waals surface area (Å²) < 4.78 is 6.47. The van der Waals surface area contributed by atoms with Crippen LogP contribution in [0.2, 0.25) is 0 Å². The number of thiophene rings is 1. The maximum atomic E-state index is 13.9. The Kier molecular flexibility index (Phi) is 7.66. The first kappa shape index (κ1) is 27.4. The quantitative estimate of drug-likeness (QED) is 0.267. The lowest BCUT2D eigenvalue weighted by atomic mass is 10.0. The number of alkyl carbamates (subject to hydrolysis) is 1. The van der Waals surface area contributed by atoms with Gasteiger partial charge in [0, 0.05) is 51.2 Å². The molecule has 1 aromatic carbocycles. The number of nitrogens with two attached hydrogens (primary N) is 1. The van der Waals surface area contributed by atoms with Gasteiger partial charge in [0.2, 0.25) is 11.8 Å². The van der Waals surface area contributed by atoms with Crippen molar-refractivity contribution in [3.63, 3.8) is 0 Å². The second-order valence-electron chi connectivity index (χ2n) is 11.0. The van der Waals surface area contributed by atoms with E-state index < -0.39 is 23.8 Å². The molecule has 0 spiro atoms. The van der Waals surface area contributed by atoms with Crippen LogP contribution in [0.15, 0.2) is 48.8 Å². The van der Waals surface area contributed by atoms with E-state index in [1.165, 1.54) is 0 Å². The van der Waals surface area contributed by atoms with Gasteiger partial charge in [0.1, 0.15) is 23.5 Å². The highest BCUT2D eigenvalue weighted by molar-refractivity contribution is 7.19. The molecule has 5 rings (SSSR count). The van der Waals surface area contributed by atoms with Crippen molar-refractivity contribution in [1.82, 2.24) is 25.5 Å². The highest BCUT2D eigenvalue weighted by Crippen LogP contribution is 2.29. The van der Waals surface area contributed by atoms with E-state index in [9.17, 15) is 14.4 Å². The smallest absolute Gasteiger partial charge is 0.408 e. The molecule has 0 radical (unpaired) electrons. The number of ether oxygens (including phenoxy) is 1. The van der Waals surface area contributed by atoms with E-state index in [4.69, 9.17) is 10.5 Å². The topological polar surface area (TPSA) is 142 Å². The van der Waals surface area contributed by atoms with E-state index in [1.807, 2.05) is 42.6 Å². The molecular weight excluding hydrogens is 528 g/mol. The molecule has 1 aliphatic rings. The summed E-state index contributed by atoms with van der Waals surface area (Å²) in [7, 11) is 0. The van der Waals surface area contributed by atoms with Crippen LogP contribution in [0, 0.1) is 0 Å². The number of hydrogen-bond acceptors (Lipinski definition) is 7. The molecule has 5 N–H and O–H groups in total. The van der Waals surface area contributed by atoms with Gasteiger partial charge < -0.3 is 31.0 Å². The first-order valence-electron chi connectivity index (χ1n) is 13.3. The largest absolute Gasteiger partial charge is 0.444 e. The van der Waals surface area contributed by atoms with Crippen LogP contribution in [0.3, 0.4) is 0 Å². The Balaban J connectivity index is 1.31. The molecule has 210 valence electrons. The van der Waals surface area contributed by atoms with Crippen molar-refractivity contribution in [2.45, 2.75) is 64.3 Å². The van der Waals surface area contributed by atoms with Gasteiger partial charge in [-0.1, -0.05) is 18.2 Å². The van der Waals surface area contributed by atoms with Gasteiger partial charge in [0.25, 0.3) is 0 Å². The number of nitrogens with zero attached hydrogens (tertiary/aromatic N) is 2. The number of rotatable bonds is 7. The van der Waals surface area contributed by atoms with Gasteiger partial charge in [-0.3, -0.25) is 9.59 Å². The number of nitrogens with one attached hydrogen (secondary N) is 3. The molecule has 11 heteroatoms. The molecule has 4 aromatic rings. The van der Waals surface area contributed by atoms with Crippen LogP contribution >= 0.6 is 11.3 Å². The summed E-state index contributed by atoms with van der Waals surface area (Å²) in [5.74, 6) is -0.0790. The summed E-state index contributed by atoms with van der Waals surface area (Å²) in [4.78, 5) is 49.8. The van der Waals surface area contributed by atoms with E-state index in [2.05, 4.69) is 20.6 Å². The monoisotopic (exact) mass is 562 g/mol. The van der Waals surface area contributed by atoms with E-state index >= 15 is 0 Å². The van der Waals surface area contributed by atoms with Crippen LogP contribution in [-0.4, -0.2) is 57.0 Å². The number of pyridine rings is 1. The van der Waals surface area contributed by atoms with E-state index in [0.717, 1.165) is 31.4 Å². The van der Waals surface area contributed by atoms with Gasteiger partial charge in [-0.2, -0.15) is 0 Å². The standard InChI is InChI=1S/C29H34N6O4S/c1-29(2,3)39-28(38)34-22(13-17-15-32-21-8-5-4-7-19(17)21)27(37)35-12-6-9-23(35)26(36)33-16-18-14-20-24(40-18)10-11-31-25(20)30/h4-5,7-8,10-11,14-15,22-23,32H,6,9,12-13,16H2,1-3H3,(H2,30,31)(H,33,36)(H,34,38)/t22-,23+/m1/s1. The van der Waals surface area contributed by atoms with Crippen LogP contribution in [0.1, 0.15) is 44.1 Å². The van der Waals surface area contributed by atoms with Gasteiger partial charge in [-0.05, 0) is 57.4 Å². The zero-order valence-corrected chi connectivity index (χ0v) is 23.6. The van der Waals surface area contributed by atoms with Gasteiger partial charge in [-0.25, -0.2) is 9.78 Å². The molecule has 40 heavy (non-hydrogen) atoms. The van der Waals surface area contributed by atoms with Gasteiger partial charge in [0.15, 0.2) is 0 Å². The minimum atomic E-state index is -0.902. The van der Waals surface area contributed by atoms with E-state index in [-0.39, 0.29) is 18.2 Å². The second-order valence-corrected chi connectivity index (χ2v) is 12.2. The Morgan fingerprint density at radius 2 is 2.02 bits per heavy atom. The van der Waals surface area contributed by atoms with E-state index in [0.29, 0.717) is 31.7 Å². The zero-order valence-electron chi connectivity index (χ0n) is 22.8. The van der Waals surface area contributed by atoms with Crippen LogP contribution < -0.4 is 16.4 Å². The third-order valence-corrected chi connectivity index (χ3v) is 7.99. The van der Waals surface area contributed by atoms with Crippen LogP contribution in [0.4, 0.5) is 10.6 Å². The number of para-hydroxylation sites is 1. The third-order valence-electron chi connectivity index (χ3n) is 6.89. The predicted octanol–water partition coefficient (Wildman–Crippen LogP) is 4.10. The number of fused-ring (bicyclic) bond motifs is 2. The number of amides is 3. The number of H-pyrrole nitrogens is 1. The fourth-order valence-electron chi connectivity index (χ4n) is 5.09. The third kappa shape index (κ3) is 6.04. The Morgan fingerprint density at radius 1 is 1.23 bits per heavy atom. The number of hydrogen-bond donors (Lipinski definition) is 4. The van der Waals surface area contributed by atoms with Crippen molar-refractivity contribution in [2.75, 3.05) is 12.3 Å². The zero-order chi connectivity index (χ0) is 28.4. The van der Waals surface area contributed by atoms with Crippen molar-refractivity contribution >= 4 is 56.1 Å². The number of aromatic amines is 1. The maximum Gasteiger partial charge on any atom is 0.408 e. The molecule has 1 fully saturated rings. The van der Waals surface area contributed by atoms with Gasteiger partial charge in [-0.15, -0.1) is 11.3 Å². The van der Waals surface area contributed by atoms with Crippen molar-refractivity contribution in [1.29, 1.82) is 0 Å². The van der Waals surface area contributed by atoms with Crippen LogP contribution in [0.25, 0.3) is 21.0 Å². The molecule has 10 nitrogen and oxygen atoms in total. The second kappa shape index (κ2) is 11.2. The lowest BCUT2D eigenvalue weighted by Gasteiger charge is -2.29. The minimum absolute atomic E-state index is 0.225. The summed E-state index contributed by atoms with van der Waals surface area (Å²) in [6, 6.07) is 10.1. The first-order chi connectivity index (χ1) is 19.1. The maximum absolute atomic E-state index is 13.9. The summed E-state index contributed by atoms with van der Waals surface area (Å²) >= 11 is 1.54. The Bertz CT molecular complexity index is 1550. The number of carbonyl (C=O) groups excluding carboxylic acids is 3. The lowest BCUT2D eigenvalue weighted by molar-refractivity contribution is -0.140. The molecule has 1 saturated heterocycles. The molecule has 1 aliphatic heterocycles. The van der Waals surface area contributed by atoms with Crippen LogP contribution in [-0.2, 0) is 27.3 Å². The number of nitrogen functional groups attached to an aromatic ring is 1. The number of aromatic nitrogens is 2. The van der Waals surface area contributed by atoms with Gasteiger partial charge >= 0.3 is 6.09 Å². The average Bonchev–Trinajstić information content (AvgIpc) is 3.64. The molecule has 0 saturated carbocycles. The first-order valence-corrected chi connectivity index (χ1v) is 14.2. The fraction of sp³-hybridized carbons (Fsp3) is 0.379. The molecule has 3 aromatic heterocycles. The summed E-state index contributed by atoms with van der Waals surface area (Å²) in [6.07, 6.45) is 4.34. The average molecular weight is 563 g/mol. The van der Waals surface area contributed by atoms with E-state index in [1.54, 1.807) is 43.2 Å². The van der Waals surface area contributed by atoms with Crippen molar-refractivity contribution in [2.24, 2.45) is 0 Å². The fourth-order valence-corrected chi connectivity index (χ4v) is 6.10. The Morgan fingerprint density at radius 3 is 2.80 bits per heavy atom. The molecule has 3 amide bonds. The summed E-state index contributed by atoms with van der Waals surface area (Å²) in [5.41, 5.74) is 7.09. The van der Waals surface area contributed by atoms with Gasteiger partial charge in [0.05, 0.1) is 6.54 Å². The predicted molar refractivity (Wildman–Crippen MR) is 156 cm³/mol. The lowest BCUT2D eigenvalue weighted by Crippen LogP contribution is -2.54. The molecule has 2 atom stereocenters. The summed E-state index contributed by atoms with van der Waals surface area (Å²) in [6.45, 7) is 6.06. The van der Waals surface area contributed by atoms with Crippen molar-refractivity contribution in [3.05, 3.63) is 59.2 Å². The highest BCUT2D eigenvalue weighted by atomic mass is 32.1. The molecule has 0 bridgehead atoms. The van der Waals surface area contributed by atoms with Crippen molar-refractivity contribution < 1.29 is 19.1 Å². The number of carbonyl (C=O) groups is 3. The normalized spacial score (nSPS) is 16.3. The molecule has 0 unspecified atom stereocenters. The molecular formula is C29H34N6O4S. The number of benzene rings is 1. The summed E-state index contributed by atoms with van der Waals surface area (Å²) in [5, 5.41) is 7.60. The Hall–Kier alpha value is -4.12.